The number of aliphatic imine (C=N–C) groups is 1. The number of ether oxygens (including phenoxy) is 2. The molecule has 0 aliphatic rings. The monoisotopic (exact) mass is 412 g/mol. The molecule has 0 unspecified atom stereocenters. The highest BCUT2D eigenvalue weighted by atomic mass is 35.5. The maximum absolute atomic E-state index is 12.9. The average Bonchev–Trinajstić information content (AvgIpc) is 3.08. The van der Waals surface area contributed by atoms with Crippen LogP contribution in [0.4, 0.5) is 0 Å². The van der Waals surface area contributed by atoms with E-state index in [1.807, 2.05) is 30.3 Å². The second-order valence-electron chi connectivity index (χ2n) is 7.33. The van der Waals surface area contributed by atoms with Crippen molar-refractivity contribution in [2.45, 2.75) is 32.7 Å². The normalized spacial score (nSPS) is 11.5. The molecule has 0 saturated carbocycles. The van der Waals surface area contributed by atoms with Crippen LogP contribution in [0.15, 0.2) is 41.4 Å². The lowest BCUT2D eigenvalue weighted by molar-refractivity contribution is 0.0526. The molecule has 3 aromatic rings. The van der Waals surface area contributed by atoms with Crippen molar-refractivity contribution in [3.8, 4) is 5.75 Å². The summed E-state index contributed by atoms with van der Waals surface area (Å²) in [7, 11) is 1.58. The summed E-state index contributed by atoms with van der Waals surface area (Å²) in [4.78, 5) is 20.3. The van der Waals surface area contributed by atoms with Crippen LogP contribution in [0.1, 0.15) is 48.0 Å². The van der Waals surface area contributed by atoms with Gasteiger partial charge in [0.25, 0.3) is 0 Å². The van der Waals surface area contributed by atoms with Gasteiger partial charge in [-0.3, -0.25) is 4.99 Å². The molecule has 2 aromatic carbocycles. The number of nitrogens with one attached hydrogen (secondary N) is 1. The van der Waals surface area contributed by atoms with Crippen molar-refractivity contribution in [3.05, 3.63) is 63.8 Å². The lowest BCUT2D eigenvalue weighted by Gasteiger charge is -2.26. The highest BCUT2D eigenvalue weighted by Gasteiger charge is 2.33. The van der Waals surface area contributed by atoms with Gasteiger partial charge >= 0.3 is 5.97 Å². The van der Waals surface area contributed by atoms with Gasteiger partial charge < -0.3 is 14.5 Å². The molecule has 0 radical (unpaired) electrons. The summed E-state index contributed by atoms with van der Waals surface area (Å²) in [6.07, 6.45) is 0. The smallest absolute Gasteiger partial charge is 0.340 e. The largest absolute Gasteiger partial charge is 0.495 e. The number of hydrogen-bond donors (Lipinski definition) is 1. The maximum atomic E-state index is 12.9. The van der Waals surface area contributed by atoms with Crippen LogP contribution in [0.2, 0.25) is 5.02 Å². The minimum absolute atomic E-state index is 0.304. The van der Waals surface area contributed by atoms with Crippen LogP contribution in [-0.2, 0) is 16.7 Å². The Balaban J connectivity index is 2.24. The Morgan fingerprint density at radius 3 is 2.66 bits per heavy atom. The minimum Gasteiger partial charge on any atom is -0.495 e. The predicted molar refractivity (Wildman–Crippen MR) is 118 cm³/mol. The molecule has 1 N–H and O–H groups in total. The van der Waals surface area contributed by atoms with Crippen LogP contribution in [-0.4, -0.2) is 31.4 Å². The third-order valence-corrected chi connectivity index (χ3v) is 5.45. The molecule has 0 spiro atoms. The minimum atomic E-state index is -0.532. The lowest BCUT2D eigenvalue weighted by atomic mass is 9.79. The van der Waals surface area contributed by atoms with Crippen molar-refractivity contribution in [2.24, 2.45) is 4.99 Å². The number of methoxy groups -OCH3 is 1. The third-order valence-electron chi connectivity index (χ3n) is 5.13. The van der Waals surface area contributed by atoms with E-state index in [9.17, 15) is 4.79 Å². The fraction of sp³-hybridized carbons (Fsp3) is 0.304. The molecule has 29 heavy (non-hydrogen) atoms. The summed E-state index contributed by atoms with van der Waals surface area (Å²) in [6.45, 7) is 10.3. The van der Waals surface area contributed by atoms with Crippen LogP contribution >= 0.6 is 11.6 Å². The van der Waals surface area contributed by atoms with E-state index in [2.05, 4.69) is 30.5 Å². The molecular formula is C23H25ClN2O3. The van der Waals surface area contributed by atoms with E-state index >= 15 is 0 Å². The summed E-state index contributed by atoms with van der Waals surface area (Å²) in [5, 5.41) is 1.36. The van der Waals surface area contributed by atoms with Crippen LogP contribution < -0.4 is 4.74 Å². The van der Waals surface area contributed by atoms with Gasteiger partial charge in [-0.25, -0.2) is 4.79 Å². The van der Waals surface area contributed by atoms with Crippen molar-refractivity contribution in [1.29, 1.82) is 0 Å². The Labute approximate surface area is 175 Å². The molecule has 0 atom stereocenters. The van der Waals surface area contributed by atoms with Crippen molar-refractivity contribution >= 4 is 35.2 Å². The average molecular weight is 413 g/mol. The Hall–Kier alpha value is -2.79. The van der Waals surface area contributed by atoms with E-state index in [1.165, 1.54) is 0 Å². The van der Waals surface area contributed by atoms with E-state index in [0.29, 0.717) is 29.5 Å². The summed E-state index contributed by atoms with van der Waals surface area (Å²) < 4.78 is 10.8. The van der Waals surface area contributed by atoms with E-state index in [0.717, 1.165) is 27.7 Å². The SMILES string of the molecule is C=NCc1ccc2c(C(=O)OCC)c(C(C)(C)c3ccc(Cl)c(OC)c3)[nH]c2c1. The number of benzene rings is 2. The standard InChI is InChI=1S/C23H25ClN2O3/c1-6-29-22(27)20-16-9-7-14(13-25-4)11-18(16)26-21(20)23(2,3)15-8-10-17(24)19(12-15)28-5/h7-12,26H,4,6,13H2,1-3,5H3. The Kier molecular flexibility index (Phi) is 5.99. The number of carbonyl (C=O) groups excluding carboxylic acids is 1. The van der Waals surface area contributed by atoms with Crippen molar-refractivity contribution in [2.75, 3.05) is 13.7 Å². The number of halogens is 1. The first-order chi connectivity index (χ1) is 13.8. The van der Waals surface area contributed by atoms with Crippen molar-refractivity contribution in [3.63, 3.8) is 0 Å². The molecule has 0 amide bonds. The van der Waals surface area contributed by atoms with E-state index < -0.39 is 5.41 Å². The molecule has 5 nitrogen and oxygen atoms in total. The van der Waals surface area contributed by atoms with Crippen molar-refractivity contribution in [1.82, 2.24) is 4.98 Å². The molecule has 0 bridgehead atoms. The fourth-order valence-corrected chi connectivity index (χ4v) is 3.74. The summed E-state index contributed by atoms with van der Waals surface area (Å²) in [6, 6.07) is 11.5. The number of aromatic amines is 1. The molecule has 0 aliphatic carbocycles. The highest BCUT2D eigenvalue weighted by Crippen LogP contribution is 2.39. The summed E-state index contributed by atoms with van der Waals surface area (Å²) in [5.74, 6) is 0.239. The number of hydrogen-bond acceptors (Lipinski definition) is 4. The van der Waals surface area contributed by atoms with Gasteiger partial charge in [-0.1, -0.05) is 43.6 Å². The van der Waals surface area contributed by atoms with Gasteiger partial charge in [0.05, 0.1) is 30.8 Å². The highest BCUT2D eigenvalue weighted by molar-refractivity contribution is 6.32. The number of esters is 1. The van der Waals surface area contributed by atoms with Crippen LogP contribution in [0.25, 0.3) is 10.9 Å². The number of carbonyl (C=O) groups is 1. The van der Waals surface area contributed by atoms with E-state index in [-0.39, 0.29) is 5.97 Å². The number of nitrogens with zero attached hydrogens (tertiary/aromatic N) is 1. The quantitative estimate of drug-likeness (QED) is 0.409. The van der Waals surface area contributed by atoms with Gasteiger partial charge in [-0.2, -0.15) is 0 Å². The zero-order valence-electron chi connectivity index (χ0n) is 17.1. The van der Waals surface area contributed by atoms with Crippen LogP contribution in [0.5, 0.6) is 5.75 Å². The zero-order chi connectivity index (χ0) is 21.2. The number of fused-ring (bicyclic) bond motifs is 1. The third kappa shape index (κ3) is 3.87. The van der Waals surface area contributed by atoms with Gasteiger partial charge in [0, 0.05) is 22.0 Å². The number of aromatic nitrogens is 1. The van der Waals surface area contributed by atoms with Crippen molar-refractivity contribution < 1.29 is 14.3 Å². The van der Waals surface area contributed by atoms with Gasteiger partial charge in [0.15, 0.2) is 0 Å². The second kappa shape index (κ2) is 8.29. The number of H-pyrrole nitrogens is 1. The molecule has 0 saturated heterocycles. The first kappa shape index (κ1) is 20.9. The first-order valence-corrected chi connectivity index (χ1v) is 9.80. The van der Waals surface area contributed by atoms with Gasteiger partial charge in [-0.05, 0) is 43.0 Å². The lowest BCUT2D eigenvalue weighted by Crippen LogP contribution is -2.23. The van der Waals surface area contributed by atoms with Gasteiger partial charge in [0.2, 0.25) is 0 Å². The van der Waals surface area contributed by atoms with E-state index in [4.69, 9.17) is 21.1 Å². The Morgan fingerprint density at radius 2 is 2.00 bits per heavy atom. The molecule has 0 aliphatic heterocycles. The molecular weight excluding hydrogens is 388 g/mol. The summed E-state index contributed by atoms with van der Waals surface area (Å²) >= 11 is 6.21. The van der Waals surface area contributed by atoms with Crippen LogP contribution in [0, 0.1) is 0 Å². The van der Waals surface area contributed by atoms with Crippen LogP contribution in [0.3, 0.4) is 0 Å². The first-order valence-electron chi connectivity index (χ1n) is 9.42. The molecule has 3 rings (SSSR count). The predicted octanol–water partition coefficient (Wildman–Crippen LogP) is 5.53. The molecule has 6 heteroatoms. The van der Waals surface area contributed by atoms with E-state index in [1.54, 1.807) is 20.1 Å². The van der Waals surface area contributed by atoms with Gasteiger partial charge in [0.1, 0.15) is 5.75 Å². The number of rotatable bonds is 7. The molecule has 152 valence electrons. The molecule has 0 fully saturated rings. The van der Waals surface area contributed by atoms with Gasteiger partial charge in [-0.15, -0.1) is 0 Å². The fourth-order valence-electron chi connectivity index (χ4n) is 3.55. The topological polar surface area (TPSA) is 63.7 Å². The molecule has 1 aromatic heterocycles. The molecule has 1 heterocycles. The maximum Gasteiger partial charge on any atom is 0.340 e. The Bertz CT molecular complexity index is 1070. The second-order valence-corrected chi connectivity index (χ2v) is 7.74. The zero-order valence-corrected chi connectivity index (χ0v) is 17.9. The summed E-state index contributed by atoms with van der Waals surface area (Å²) in [5.41, 5.74) is 3.62. The Morgan fingerprint density at radius 1 is 1.24 bits per heavy atom.